The number of aliphatic hydroxyl groups is 1. The Morgan fingerprint density at radius 1 is 0.644 bits per heavy atom. The van der Waals surface area contributed by atoms with Crippen LogP contribution in [0.1, 0.15) is 13.8 Å². The summed E-state index contributed by atoms with van der Waals surface area (Å²) in [5.41, 5.74) is 2.84. The number of halogens is 6. The van der Waals surface area contributed by atoms with Crippen LogP contribution in [0, 0.1) is 23.3 Å². The third-order valence-electron chi connectivity index (χ3n) is 9.59. The molecule has 73 heavy (non-hydrogen) atoms. The number of ether oxygens (including phenoxy) is 2. The van der Waals surface area contributed by atoms with Crippen LogP contribution in [0.15, 0.2) is 84.9 Å². The van der Waals surface area contributed by atoms with E-state index < -0.39 is 51.9 Å². The van der Waals surface area contributed by atoms with Gasteiger partial charge in [0.2, 0.25) is 0 Å². The minimum atomic E-state index is -3.73. The van der Waals surface area contributed by atoms with E-state index in [1.807, 2.05) is 12.1 Å². The highest BCUT2D eigenvalue weighted by Gasteiger charge is 2.27. The number of aliphatic hydroxyl groups excluding tert-OH is 1. The Morgan fingerprint density at radius 2 is 1.07 bits per heavy atom. The molecule has 0 aliphatic rings. The fraction of sp³-hybridized carbons (Fsp3) is 0.244. The topological polar surface area (TPSA) is 244 Å². The largest absolute Gasteiger partial charge is 0.474 e. The Balaban J connectivity index is 0.000000213. The van der Waals surface area contributed by atoms with Crippen LogP contribution in [-0.2, 0) is 31.7 Å². The van der Waals surface area contributed by atoms with E-state index in [1.54, 1.807) is 71.6 Å². The number of phosphoric ester groups is 1. The SMILES string of the molecule is COP(=O)(OC)O[C@@H](C)CNc1nc(Oc2ccc(F)cc2F)nc2n[nH]c(-c3ccccc3Cl)c12.COP(OC)OC.C[C@H](O)CNc1nc(Oc2ccc(F)cc2F)nc2n[nH]c(-c3ccccc3Cl)c12. The zero-order valence-electron chi connectivity index (χ0n) is 39.6. The highest BCUT2D eigenvalue weighted by Crippen LogP contribution is 2.49. The van der Waals surface area contributed by atoms with Gasteiger partial charge >= 0.3 is 28.4 Å². The fourth-order valence-corrected chi connectivity index (χ4v) is 8.06. The van der Waals surface area contributed by atoms with Crippen LogP contribution in [0.3, 0.4) is 0 Å². The summed E-state index contributed by atoms with van der Waals surface area (Å²) in [4.78, 5) is 17.1. The number of rotatable bonds is 19. The number of fused-ring (bicyclic) bond motifs is 2. The van der Waals surface area contributed by atoms with Gasteiger partial charge in [-0.3, -0.25) is 23.8 Å². The van der Waals surface area contributed by atoms with E-state index in [-0.39, 0.29) is 53.7 Å². The molecular formula is C45H46Cl2F4N10O10P2. The third kappa shape index (κ3) is 14.8. The van der Waals surface area contributed by atoms with Gasteiger partial charge in [-0.05, 0) is 50.2 Å². The quantitative estimate of drug-likeness (QED) is 0.0373. The summed E-state index contributed by atoms with van der Waals surface area (Å²) in [5, 5.41) is 31.9. The maximum atomic E-state index is 14.2. The van der Waals surface area contributed by atoms with Gasteiger partial charge in [0.1, 0.15) is 23.3 Å². The Hall–Kier alpha value is -6.14. The van der Waals surface area contributed by atoms with Crippen molar-refractivity contribution in [1.82, 2.24) is 40.3 Å². The number of nitrogens with zero attached hydrogens (tertiary/aromatic N) is 6. The smallest absolute Gasteiger partial charge is 0.421 e. The van der Waals surface area contributed by atoms with Crippen molar-refractivity contribution in [2.45, 2.75) is 26.1 Å². The first-order valence-electron chi connectivity index (χ1n) is 21.3. The van der Waals surface area contributed by atoms with Gasteiger partial charge in [0.05, 0.1) is 34.4 Å². The van der Waals surface area contributed by atoms with Gasteiger partial charge in [-0.15, -0.1) is 0 Å². The van der Waals surface area contributed by atoms with Crippen LogP contribution >= 0.6 is 39.6 Å². The van der Waals surface area contributed by atoms with Crippen LogP contribution in [0.5, 0.6) is 23.5 Å². The summed E-state index contributed by atoms with van der Waals surface area (Å²) in [5.74, 6) is -3.27. The number of hydrogen-bond acceptors (Lipinski definition) is 18. The molecule has 0 radical (unpaired) electrons. The molecule has 2 atom stereocenters. The molecule has 0 saturated heterocycles. The summed E-state index contributed by atoms with van der Waals surface area (Å²) in [6, 6.07) is 19.6. The van der Waals surface area contributed by atoms with Gasteiger partial charge in [0.15, 0.2) is 34.4 Å². The van der Waals surface area contributed by atoms with Crippen molar-refractivity contribution in [2.24, 2.45) is 0 Å². The van der Waals surface area contributed by atoms with Crippen LogP contribution in [0.4, 0.5) is 29.2 Å². The molecule has 0 aliphatic heterocycles. The summed E-state index contributed by atoms with van der Waals surface area (Å²) in [6.45, 7) is 3.54. The van der Waals surface area contributed by atoms with Crippen molar-refractivity contribution >= 4 is 73.3 Å². The summed E-state index contributed by atoms with van der Waals surface area (Å²) < 4.78 is 107. The maximum absolute atomic E-state index is 14.2. The van der Waals surface area contributed by atoms with Crippen LogP contribution in [-0.4, -0.2) is 106 Å². The normalized spacial score (nSPS) is 12.2. The molecule has 0 saturated carbocycles. The molecule has 4 heterocycles. The lowest BCUT2D eigenvalue weighted by molar-refractivity contribution is 0.119. The van der Waals surface area contributed by atoms with Crippen LogP contribution < -0.4 is 20.1 Å². The molecular weight excluding hydrogens is 1050 g/mol. The van der Waals surface area contributed by atoms with E-state index in [0.29, 0.717) is 61.3 Å². The average Bonchev–Trinajstić information content (AvgIpc) is 4.00. The van der Waals surface area contributed by atoms with E-state index in [1.165, 1.54) is 14.2 Å². The second-order valence-electron chi connectivity index (χ2n) is 14.7. The van der Waals surface area contributed by atoms with E-state index in [4.69, 9.17) is 46.2 Å². The summed E-state index contributed by atoms with van der Waals surface area (Å²) >= 11 is 12.7. The first-order valence-corrected chi connectivity index (χ1v) is 24.6. The van der Waals surface area contributed by atoms with Crippen molar-refractivity contribution in [1.29, 1.82) is 0 Å². The van der Waals surface area contributed by atoms with Crippen LogP contribution in [0.25, 0.3) is 44.6 Å². The highest BCUT2D eigenvalue weighted by molar-refractivity contribution is 7.48. The zero-order valence-corrected chi connectivity index (χ0v) is 42.9. The molecule has 0 spiro atoms. The average molecular weight is 1100 g/mol. The third-order valence-corrected chi connectivity index (χ3v) is 12.7. The predicted molar refractivity (Wildman–Crippen MR) is 266 cm³/mol. The molecule has 8 aromatic rings. The van der Waals surface area contributed by atoms with E-state index in [9.17, 15) is 27.2 Å². The first kappa shape index (κ1) is 56.2. The molecule has 0 unspecified atom stereocenters. The molecule has 0 bridgehead atoms. The molecule has 5 N–H and O–H groups in total. The number of H-pyrrole nitrogens is 2. The zero-order chi connectivity index (χ0) is 52.8. The second kappa shape index (κ2) is 26.2. The van der Waals surface area contributed by atoms with Gasteiger partial charge < -0.3 is 38.8 Å². The number of anilines is 2. The molecule has 0 fully saturated rings. The molecule has 388 valence electrons. The monoisotopic (exact) mass is 1090 g/mol. The van der Waals surface area contributed by atoms with Crippen molar-refractivity contribution in [3.63, 3.8) is 0 Å². The molecule has 0 amide bonds. The Labute approximate surface area is 425 Å². The van der Waals surface area contributed by atoms with E-state index in [0.717, 1.165) is 24.3 Å². The number of benzene rings is 4. The lowest BCUT2D eigenvalue weighted by atomic mass is 10.1. The van der Waals surface area contributed by atoms with Gasteiger partial charge in [0.25, 0.3) is 0 Å². The minimum Gasteiger partial charge on any atom is -0.421 e. The molecule has 8 rings (SSSR count). The lowest BCUT2D eigenvalue weighted by Crippen LogP contribution is -2.20. The molecule has 0 aliphatic carbocycles. The van der Waals surface area contributed by atoms with Gasteiger partial charge in [-0.2, -0.15) is 30.1 Å². The molecule has 4 aromatic carbocycles. The van der Waals surface area contributed by atoms with Crippen molar-refractivity contribution in [3.8, 4) is 46.0 Å². The minimum absolute atomic E-state index is 0.0975. The predicted octanol–water partition coefficient (Wildman–Crippen LogP) is 11.7. The Bertz CT molecular complexity index is 3170. The van der Waals surface area contributed by atoms with E-state index >= 15 is 0 Å². The summed E-state index contributed by atoms with van der Waals surface area (Å²) in [6.07, 6.45) is -1.32. The van der Waals surface area contributed by atoms with Gasteiger partial charge in [-0.1, -0.05) is 59.6 Å². The standard InChI is InChI=1S/C22H21ClF2N5O5P.C20H16ClF2N5O2.C3H9O3P/c1-12(35-36(31,32-2)33-3)11-26-20-18-19(14-6-4-5-7-15(14)23)29-30-21(18)28-22(27-20)34-17-9-8-13(24)10-16(17)25;1-10(29)9-24-18-16-17(12-4-2-3-5-13(12)21)27-28-19(16)26-20(25-18)30-15-7-6-11(22)8-14(15)23;1-4-7(5-2)6-3/h4-10,12H,11H2,1-3H3,(H2,26,27,28,29,30);2-8,10,29H,9H2,1H3,(H2,24,25,26,27,28);1-3H3/t12-;10-;/m00./s1. The van der Waals surface area contributed by atoms with Gasteiger partial charge in [0, 0.05) is 81.9 Å². The Morgan fingerprint density at radius 3 is 1.44 bits per heavy atom. The fourth-order valence-electron chi connectivity index (χ4n) is 6.31. The number of hydrogen-bond donors (Lipinski definition) is 5. The number of nitrogens with one attached hydrogen (secondary N) is 4. The maximum Gasteiger partial charge on any atom is 0.474 e. The molecule has 20 nitrogen and oxygen atoms in total. The number of aromatic amines is 2. The van der Waals surface area contributed by atoms with Gasteiger partial charge in [-0.25, -0.2) is 22.1 Å². The number of aromatic nitrogens is 8. The lowest BCUT2D eigenvalue weighted by Gasteiger charge is -2.19. The second-order valence-corrected chi connectivity index (χ2v) is 18.9. The highest BCUT2D eigenvalue weighted by atomic mass is 35.5. The Kier molecular flexibility index (Phi) is 20.1. The first-order chi connectivity index (χ1) is 35.0. The molecule has 4 aromatic heterocycles. The van der Waals surface area contributed by atoms with Crippen molar-refractivity contribution in [3.05, 3.63) is 118 Å². The van der Waals surface area contributed by atoms with E-state index in [2.05, 4.69) is 64.5 Å². The van der Waals surface area contributed by atoms with Crippen LogP contribution in [0.2, 0.25) is 10.0 Å². The summed E-state index contributed by atoms with van der Waals surface area (Å²) in [7, 11) is 2.25. The molecule has 28 heteroatoms. The van der Waals surface area contributed by atoms with Crippen molar-refractivity contribution in [2.75, 3.05) is 59.3 Å². The number of phosphoric acid groups is 1. The van der Waals surface area contributed by atoms with Crippen molar-refractivity contribution < 1.29 is 63.8 Å².